The molecule has 0 aliphatic carbocycles. The van der Waals surface area contributed by atoms with Gasteiger partial charge in [0.25, 0.3) is 0 Å². The van der Waals surface area contributed by atoms with Crippen LogP contribution in [-0.2, 0) is 9.53 Å². The highest BCUT2D eigenvalue weighted by atomic mass is 35.5. The minimum atomic E-state index is -0.865. The number of hydrogen-bond donors (Lipinski definition) is 2. The predicted molar refractivity (Wildman–Crippen MR) is 222 cm³/mol. The van der Waals surface area contributed by atoms with E-state index >= 15 is 0 Å². The summed E-state index contributed by atoms with van der Waals surface area (Å²) in [6, 6.07) is 17.7. The van der Waals surface area contributed by atoms with Gasteiger partial charge in [-0.15, -0.1) is 0 Å². The Labute approximate surface area is 320 Å². The van der Waals surface area contributed by atoms with Crippen molar-refractivity contribution in [2.75, 3.05) is 39.4 Å². The largest absolute Gasteiger partial charge is 1.00 e. The minimum absolute atomic E-state index is 0. The van der Waals surface area contributed by atoms with E-state index in [4.69, 9.17) is 14.9 Å². The summed E-state index contributed by atoms with van der Waals surface area (Å²) in [7, 11) is 0. The smallest absolute Gasteiger partial charge is 0.335 e. The molecule has 0 fully saturated rings. The molecule has 6 nitrogen and oxygen atoms in total. The first-order chi connectivity index (χ1) is 20.3. The second kappa shape index (κ2) is 39.4. The Morgan fingerprint density at radius 3 is 1.30 bits per heavy atom. The van der Waals surface area contributed by atoms with Crippen molar-refractivity contribution in [1.29, 1.82) is 0 Å². The van der Waals surface area contributed by atoms with Gasteiger partial charge in [0.1, 0.15) is 6.61 Å². The maximum absolute atomic E-state index is 11.1. The number of carboxylic acids is 1. The van der Waals surface area contributed by atoms with Gasteiger partial charge in [0.15, 0.2) is 0 Å². The molecule has 0 aliphatic rings. The monoisotopic (exact) mass is 734 g/mol. The third kappa shape index (κ3) is 28.3. The van der Waals surface area contributed by atoms with Crippen molar-refractivity contribution >= 4 is 11.9 Å². The third-order valence-corrected chi connectivity index (χ3v) is 8.76. The van der Waals surface area contributed by atoms with Crippen molar-refractivity contribution in [3.63, 3.8) is 0 Å². The first kappa shape index (κ1) is 69.4. The maximum Gasteiger partial charge on any atom is 0.335 e. The van der Waals surface area contributed by atoms with Gasteiger partial charge in [-0.2, -0.15) is 0 Å². The number of rotatable bonds is 13. The molecule has 7 heteroatoms. The lowest BCUT2D eigenvalue weighted by molar-refractivity contribution is -0.921. The molecule has 0 bridgehead atoms. The Hall–Kier alpha value is -2.41. The standard InChI is InChI=1S/C11H14O2.C10H14.C8H20N.C8H16O3.6CH4.ClH/c1-3-8(2)9-4-6-10(7-5-9)11(12)13;1-3-9(2)10-7-5-4-6-8-10;1-5-9(6-2,7-3)8-4;1-4-8(2,3)7(10)11-6-5-9;;;;;;;/h4-8H,3H2,1-2H3,(H,12,13);4-9H,3H2,1-2H3;5-8H2,1-4H3;9H,4-6H2,1-3H3;6*1H4;1H/q;;+1;;;;;;;;/p-1. The van der Waals surface area contributed by atoms with E-state index in [0.29, 0.717) is 17.4 Å². The molecule has 0 spiro atoms. The van der Waals surface area contributed by atoms with Crippen LogP contribution in [0.3, 0.4) is 0 Å². The number of quaternary nitrogens is 1. The zero-order valence-corrected chi connectivity index (χ0v) is 30.4. The van der Waals surface area contributed by atoms with E-state index in [2.05, 4.69) is 85.7 Å². The van der Waals surface area contributed by atoms with Crippen molar-refractivity contribution in [3.05, 3.63) is 71.3 Å². The average Bonchev–Trinajstić information content (AvgIpc) is 3.05. The lowest BCUT2D eigenvalue weighted by atomic mass is 9.91. The Morgan fingerprint density at radius 2 is 1.04 bits per heavy atom. The molecule has 0 heterocycles. The SMILES string of the molecule is C.C.C.C.C.C.CCC(C)(C)C(=O)OCCO.CCC(C)c1ccc(C(=O)O)cc1.CCC(C)c1ccccc1.CC[N+](CC)(CC)CC.[Cl-]. The summed E-state index contributed by atoms with van der Waals surface area (Å²) in [6.07, 6.45) is 3.05. The molecule has 0 aromatic heterocycles. The number of ether oxygens (including phenoxy) is 1. The summed E-state index contributed by atoms with van der Waals surface area (Å²) >= 11 is 0. The van der Waals surface area contributed by atoms with Crippen LogP contribution in [0.5, 0.6) is 0 Å². The van der Waals surface area contributed by atoms with E-state index in [1.807, 2.05) is 32.9 Å². The second-order valence-corrected chi connectivity index (χ2v) is 11.7. The predicted octanol–water partition coefficient (Wildman–Crippen LogP) is 9.76. The Bertz CT molecular complexity index is 959. The number of nitrogens with zero attached hydrogens (tertiary/aromatic N) is 1. The molecular formula is C43H88ClNO5. The van der Waals surface area contributed by atoms with Gasteiger partial charge in [-0.3, -0.25) is 4.79 Å². The highest BCUT2D eigenvalue weighted by Gasteiger charge is 2.26. The normalized spacial score (nSPS) is 10.5. The Morgan fingerprint density at radius 1 is 0.680 bits per heavy atom. The van der Waals surface area contributed by atoms with Crippen molar-refractivity contribution in [3.8, 4) is 0 Å². The van der Waals surface area contributed by atoms with E-state index < -0.39 is 11.4 Å². The summed E-state index contributed by atoms with van der Waals surface area (Å²) in [5.41, 5.74) is 2.58. The van der Waals surface area contributed by atoms with Crippen molar-refractivity contribution in [2.45, 2.75) is 152 Å². The Kier molecular flexibility index (Phi) is 54.6. The molecule has 2 unspecified atom stereocenters. The summed E-state index contributed by atoms with van der Waals surface area (Å²) in [4.78, 5) is 21.7. The van der Waals surface area contributed by atoms with Crippen LogP contribution in [0.15, 0.2) is 54.6 Å². The lowest BCUT2D eigenvalue weighted by Crippen LogP contribution is -3.00. The molecule has 2 rings (SSSR count). The molecule has 302 valence electrons. The van der Waals surface area contributed by atoms with Gasteiger partial charge in [0.2, 0.25) is 0 Å². The molecule has 2 aromatic rings. The number of esters is 1. The fraction of sp³-hybridized carbons (Fsp3) is 0.674. The van der Waals surface area contributed by atoms with Gasteiger partial charge in [0.05, 0.1) is 43.8 Å². The topological polar surface area (TPSA) is 83.8 Å². The average molecular weight is 735 g/mol. The van der Waals surface area contributed by atoms with Crippen LogP contribution in [0, 0.1) is 5.41 Å². The van der Waals surface area contributed by atoms with Crippen molar-refractivity contribution in [1.82, 2.24) is 0 Å². The van der Waals surface area contributed by atoms with Gasteiger partial charge in [-0.25, -0.2) is 4.79 Å². The number of aliphatic hydroxyl groups is 1. The molecular weight excluding hydrogens is 646 g/mol. The lowest BCUT2D eigenvalue weighted by Gasteiger charge is -2.34. The van der Waals surface area contributed by atoms with Crippen LogP contribution in [0.4, 0.5) is 0 Å². The number of carbonyl (C=O) groups is 2. The van der Waals surface area contributed by atoms with Gasteiger partial charge < -0.3 is 31.8 Å². The van der Waals surface area contributed by atoms with Crippen molar-refractivity contribution in [2.24, 2.45) is 5.41 Å². The van der Waals surface area contributed by atoms with E-state index in [1.54, 1.807) is 12.1 Å². The van der Waals surface area contributed by atoms with Crippen LogP contribution >= 0.6 is 0 Å². The highest BCUT2D eigenvalue weighted by Crippen LogP contribution is 2.21. The number of halogens is 1. The van der Waals surface area contributed by atoms with Crippen LogP contribution in [-0.4, -0.2) is 66.0 Å². The highest BCUT2D eigenvalue weighted by molar-refractivity contribution is 5.87. The third-order valence-electron chi connectivity index (χ3n) is 8.76. The maximum atomic E-state index is 11.1. The second-order valence-electron chi connectivity index (χ2n) is 11.7. The molecule has 0 saturated heterocycles. The number of carbonyl (C=O) groups excluding carboxylic acids is 1. The quantitative estimate of drug-likeness (QED) is 0.158. The van der Waals surface area contributed by atoms with Gasteiger partial charge >= 0.3 is 11.9 Å². The van der Waals surface area contributed by atoms with Crippen LogP contribution in [0.2, 0.25) is 0 Å². The number of carboxylic acid groups (broad SMARTS) is 1. The summed E-state index contributed by atoms with van der Waals surface area (Å²) in [5, 5.41) is 17.0. The van der Waals surface area contributed by atoms with Crippen molar-refractivity contribution < 1.29 is 41.4 Å². The van der Waals surface area contributed by atoms with Crippen LogP contribution in [0.1, 0.15) is 173 Å². The number of benzene rings is 2. The summed E-state index contributed by atoms with van der Waals surface area (Å²) < 4.78 is 6.04. The fourth-order valence-corrected chi connectivity index (χ4v) is 4.03. The van der Waals surface area contributed by atoms with E-state index in [0.717, 1.165) is 12.8 Å². The number of aromatic carboxylic acids is 1. The number of hydrogen-bond acceptors (Lipinski definition) is 4. The molecule has 0 aliphatic heterocycles. The molecule has 2 N–H and O–H groups in total. The van der Waals surface area contributed by atoms with Gasteiger partial charge in [0, 0.05) is 0 Å². The van der Waals surface area contributed by atoms with Crippen LogP contribution in [0.25, 0.3) is 0 Å². The first-order valence-electron chi connectivity index (χ1n) is 16.3. The van der Waals surface area contributed by atoms with E-state index in [9.17, 15) is 9.59 Å². The summed E-state index contributed by atoms with van der Waals surface area (Å²) in [6.45, 7) is 28.5. The molecule has 0 saturated carbocycles. The fourth-order valence-electron chi connectivity index (χ4n) is 4.03. The zero-order valence-electron chi connectivity index (χ0n) is 29.7. The van der Waals surface area contributed by atoms with E-state index in [1.165, 1.54) is 48.2 Å². The molecule has 50 heavy (non-hydrogen) atoms. The number of aliphatic hydroxyl groups excluding tert-OH is 1. The summed E-state index contributed by atoms with van der Waals surface area (Å²) in [5.74, 6) is 0.105. The van der Waals surface area contributed by atoms with E-state index in [-0.39, 0.29) is 76.2 Å². The molecule has 2 atom stereocenters. The zero-order chi connectivity index (χ0) is 33.5. The Balaban J connectivity index is -0.0000000617. The minimum Gasteiger partial charge on any atom is -1.00 e. The van der Waals surface area contributed by atoms with Crippen LogP contribution < -0.4 is 12.4 Å². The van der Waals surface area contributed by atoms with Gasteiger partial charge in [-0.1, -0.05) is 122 Å². The van der Waals surface area contributed by atoms with Gasteiger partial charge in [-0.05, 0) is 95.9 Å². The molecule has 2 aromatic carbocycles. The molecule has 0 amide bonds. The first-order valence-corrected chi connectivity index (χ1v) is 16.3. The molecule has 0 radical (unpaired) electrons.